The van der Waals surface area contributed by atoms with Gasteiger partial charge in [-0.1, -0.05) is 78.9 Å². The van der Waals surface area contributed by atoms with Crippen molar-refractivity contribution in [2.75, 3.05) is 27.0 Å². The van der Waals surface area contributed by atoms with E-state index in [1.54, 1.807) is 14.2 Å². The van der Waals surface area contributed by atoms with E-state index in [-0.39, 0.29) is 24.0 Å². The molecule has 5 aromatic carbocycles. The summed E-state index contributed by atoms with van der Waals surface area (Å²) in [6.45, 7) is 0.692. The molecule has 43 heavy (non-hydrogen) atoms. The van der Waals surface area contributed by atoms with E-state index in [0.717, 1.165) is 47.4 Å². The molecule has 220 valence electrons. The van der Waals surface area contributed by atoms with Crippen LogP contribution in [0, 0.1) is 0 Å². The van der Waals surface area contributed by atoms with Gasteiger partial charge in [0.05, 0.1) is 27.0 Å². The van der Waals surface area contributed by atoms with Crippen molar-refractivity contribution in [3.05, 3.63) is 145 Å². The third-order valence-electron chi connectivity index (χ3n) is 7.47. The van der Waals surface area contributed by atoms with Gasteiger partial charge in [0.15, 0.2) is 0 Å². The van der Waals surface area contributed by atoms with Crippen LogP contribution in [0.5, 0.6) is 17.2 Å². The van der Waals surface area contributed by atoms with Gasteiger partial charge in [-0.3, -0.25) is 0 Å². The number of benzene rings is 5. The van der Waals surface area contributed by atoms with Crippen molar-refractivity contribution in [3.8, 4) is 17.2 Å². The molecule has 5 rings (SSSR count). The number of rotatable bonds is 13. The van der Waals surface area contributed by atoms with Gasteiger partial charge in [-0.25, -0.2) is 0 Å². The smallest absolute Gasteiger partial charge is 0.123 e. The summed E-state index contributed by atoms with van der Waals surface area (Å²) in [5, 5.41) is 4.29. The molecule has 3 nitrogen and oxygen atoms in total. The minimum Gasteiger partial charge on any atom is -1.00 e. The first-order chi connectivity index (χ1) is 20.7. The lowest BCUT2D eigenvalue weighted by Gasteiger charge is -2.27. The van der Waals surface area contributed by atoms with E-state index in [1.165, 1.54) is 15.9 Å². The number of methoxy groups -OCH3 is 2. The fraction of sp³-hybridized carbons (Fsp3) is 0.158. The van der Waals surface area contributed by atoms with Crippen molar-refractivity contribution in [1.82, 2.24) is 0 Å². The largest absolute Gasteiger partial charge is 1.00 e. The Balaban J connectivity index is 0.00000423. The minimum absolute atomic E-state index is 0. The highest BCUT2D eigenvalue weighted by molar-refractivity contribution is 7.95. The fourth-order valence-electron chi connectivity index (χ4n) is 5.32. The molecule has 0 fully saturated rings. The van der Waals surface area contributed by atoms with Crippen molar-refractivity contribution in [3.63, 3.8) is 0 Å². The molecule has 0 heterocycles. The molecule has 5 aromatic rings. The van der Waals surface area contributed by atoms with Gasteiger partial charge in [-0.15, -0.1) is 0 Å². The first-order valence-corrected chi connectivity index (χ1v) is 16.4. The zero-order valence-corrected chi connectivity index (χ0v) is 27.8. The summed E-state index contributed by atoms with van der Waals surface area (Å²) in [6.07, 6.45) is 7.32. The molecule has 0 N–H and O–H groups in total. The van der Waals surface area contributed by atoms with Crippen LogP contribution in [0.25, 0.3) is 12.2 Å². The van der Waals surface area contributed by atoms with Gasteiger partial charge in [-0.2, -0.15) is 0 Å². The van der Waals surface area contributed by atoms with Crippen molar-refractivity contribution in [1.29, 1.82) is 0 Å². The van der Waals surface area contributed by atoms with Gasteiger partial charge in [0, 0.05) is 6.07 Å². The maximum absolute atomic E-state index is 6.17. The van der Waals surface area contributed by atoms with E-state index in [0.29, 0.717) is 6.61 Å². The van der Waals surface area contributed by atoms with Gasteiger partial charge in [0.25, 0.3) is 0 Å². The second-order valence-corrected chi connectivity index (χ2v) is 13.8. The van der Waals surface area contributed by atoms with E-state index in [9.17, 15) is 0 Å². The van der Waals surface area contributed by atoms with Crippen molar-refractivity contribution < 1.29 is 38.2 Å². The molecule has 0 amide bonds. The highest BCUT2D eigenvalue weighted by Crippen LogP contribution is 2.55. The quantitative estimate of drug-likeness (QED) is 0.0748. The Morgan fingerprint density at radius 2 is 0.977 bits per heavy atom. The monoisotopic (exact) mass is 700 g/mol. The van der Waals surface area contributed by atoms with Gasteiger partial charge in [0.1, 0.15) is 40.4 Å². The maximum Gasteiger partial charge on any atom is 0.123 e. The van der Waals surface area contributed by atoms with Crippen LogP contribution < -0.4 is 54.1 Å². The van der Waals surface area contributed by atoms with Crippen LogP contribution in [0.2, 0.25) is 0 Å². The molecule has 0 aliphatic carbocycles. The Morgan fingerprint density at radius 1 is 0.512 bits per heavy atom. The Labute approximate surface area is 273 Å². The molecular weight excluding hydrogens is 662 g/mol. The summed E-state index contributed by atoms with van der Waals surface area (Å²) >= 11 is 0. The van der Waals surface area contributed by atoms with E-state index >= 15 is 0 Å². The molecule has 0 unspecified atom stereocenters. The number of halogens is 1. The lowest BCUT2D eigenvalue weighted by molar-refractivity contribution is -0.00000932. The summed E-state index contributed by atoms with van der Waals surface area (Å²) in [5.41, 5.74) is 2.12. The summed E-state index contributed by atoms with van der Waals surface area (Å²) in [6, 6.07) is 47.3. The van der Waals surface area contributed by atoms with E-state index in [4.69, 9.17) is 14.2 Å². The predicted octanol–water partition coefficient (Wildman–Crippen LogP) is 5.03. The molecule has 0 radical (unpaired) electrons. The number of ether oxygens (including phenoxy) is 3. The lowest BCUT2D eigenvalue weighted by Crippen LogP contribution is -3.00. The molecule has 0 aliphatic heterocycles. The topological polar surface area (TPSA) is 27.7 Å². The molecular formula is C38H38IO3P. The van der Waals surface area contributed by atoms with E-state index in [2.05, 4.69) is 115 Å². The van der Waals surface area contributed by atoms with Crippen LogP contribution in [0.15, 0.2) is 133 Å². The first kappa shape index (κ1) is 32.3. The molecule has 0 saturated heterocycles. The second kappa shape index (κ2) is 16.3. The average Bonchev–Trinajstić information content (AvgIpc) is 3.07. The van der Waals surface area contributed by atoms with Gasteiger partial charge >= 0.3 is 0 Å². The SMILES string of the molecule is COc1cc(/C=C/c2ccc(OCCCC[P+](c3ccccc3)(c3ccccc3)c3ccccc3)cc2)cc(OC)c1.[I-]. The molecule has 0 saturated carbocycles. The molecule has 0 aromatic heterocycles. The normalized spacial score (nSPS) is 11.1. The third kappa shape index (κ3) is 8.28. The highest BCUT2D eigenvalue weighted by atomic mass is 127. The summed E-state index contributed by atoms with van der Waals surface area (Å²) in [5.74, 6) is 2.44. The van der Waals surface area contributed by atoms with Gasteiger partial charge in [-0.05, 0) is 84.6 Å². The predicted molar refractivity (Wildman–Crippen MR) is 180 cm³/mol. The van der Waals surface area contributed by atoms with Gasteiger partial charge < -0.3 is 38.2 Å². The lowest BCUT2D eigenvalue weighted by atomic mass is 10.1. The van der Waals surface area contributed by atoms with Crippen LogP contribution in [-0.4, -0.2) is 27.0 Å². The number of hydrogen-bond acceptors (Lipinski definition) is 3. The zero-order valence-electron chi connectivity index (χ0n) is 24.7. The zero-order chi connectivity index (χ0) is 29.0. The maximum atomic E-state index is 6.17. The van der Waals surface area contributed by atoms with Crippen LogP contribution in [0.3, 0.4) is 0 Å². The average molecular weight is 701 g/mol. The van der Waals surface area contributed by atoms with Crippen molar-refractivity contribution in [2.24, 2.45) is 0 Å². The van der Waals surface area contributed by atoms with Crippen LogP contribution >= 0.6 is 7.26 Å². The Morgan fingerprint density at radius 3 is 1.44 bits per heavy atom. The standard InChI is InChI=1S/C38H38O3P.HI/c1-39-34-28-32(29-35(30-34)40-2)21-20-31-22-24-33(25-23-31)41-26-12-13-27-42(36-14-6-3-7-15-36,37-16-8-4-9-17-37)38-18-10-5-11-19-38;/h3-11,14-25,28-30H,12-13,26-27H2,1-2H3;1H/q+1;/p-1/b21-20+;. The van der Waals surface area contributed by atoms with E-state index < -0.39 is 7.26 Å². The molecule has 5 heteroatoms. The van der Waals surface area contributed by atoms with Crippen molar-refractivity contribution >= 4 is 35.3 Å². The Hall–Kier alpha value is -3.60. The molecule has 0 aliphatic rings. The Kier molecular flexibility index (Phi) is 12.3. The Bertz CT molecular complexity index is 1440. The first-order valence-electron chi connectivity index (χ1n) is 14.4. The summed E-state index contributed by atoms with van der Waals surface area (Å²) in [7, 11) is 1.53. The second-order valence-electron chi connectivity index (χ2n) is 10.1. The van der Waals surface area contributed by atoms with Gasteiger partial charge in [0.2, 0.25) is 0 Å². The van der Waals surface area contributed by atoms with E-state index in [1.807, 2.05) is 30.3 Å². The van der Waals surface area contributed by atoms with Crippen LogP contribution in [-0.2, 0) is 0 Å². The van der Waals surface area contributed by atoms with Crippen LogP contribution in [0.1, 0.15) is 24.0 Å². The summed E-state index contributed by atoms with van der Waals surface area (Å²) in [4.78, 5) is 0. The highest BCUT2D eigenvalue weighted by Gasteiger charge is 2.44. The molecule has 0 bridgehead atoms. The molecule has 0 spiro atoms. The van der Waals surface area contributed by atoms with Crippen molar-refractivity contribution in [2.45, 2.75) is 12.8 Å². The fourth-order valence-corrected chi connectivity index (χ4v) is 9.73. The third-order valence-corrected chi connectivity index (χ3v) is 12.0. The summed E-state index contributed by atoms with van der Waals surface area (Å²) < 4.78 is 16.9. The van der Waals surface area contributed by atoms with Crippen LogP contribution in [0.4, 0.5) is 0 Å². The number of hydrogen-bond donors (Lipinski definition) is 0. The molecule has 0 atom stereocenters. The minimum atomic E-state index is -1.79. The number of unbranched alkanes of at least 4 members (excludes halogenated alkanes) is 1.